The van der Waals surface area contributed by atoms with Gasteiger partial charge in [0.2, 0.25) is 0 Å². The molecule has 4 aromatic rings. The number of ether oxygens (including phenoxy) is 4. The van der Waals surface area contributed by atoms with E-state index in [0.717, 1.165) is 35.1 Å². The Labute approximate surface area is 233 Å². The van der Waals surface area contributed by atoms with Crippen molar-refractivity contribution in [3.05, 3.63) is 108 Å². The summed E-state index contributed by atoms with van der Waals surface area (Å²) in [7, 11) is 0. The van der Waals surface area contributed by atoms with Gasteiger partial charge in [0.15, 0.2) is 0 Å². The second-order valence-corrected chi connectivity index (χ2v) is 8.93. The highest BCUT2D eigenvalue weighted by molar-refractivity contribution is 5.90. The van der Waals surface area contributed by atoms with E-state index in [1.165, 1.54) is 0 Å². The molecule has 0 aliphatic carbocycles. The zero-order chi connectivity index (χ0) is 28.3. The van der Waals surface area contributed by atoms with Crippen molar-refractivity contribution in [3.8, 4) is 33.8 Å². The van der Waals surface area contributed by atoms with Gasteiger partial charge in [0, 0.05) is 0 Å². The number of hydrogen-bond donors (Lipinski definition) is 0. The van der Waals surface area contributed by atoms with E-state index >= 15 is 0 Å². The Hall–Kier alpha value is -4.91. The van der Waals surface area contributed by atoms with Gasteiger partial charge in [-0.2, -0.15) is 0 Å². The Morgan fingerprint density at radius 3 is 1.07 bits per heavy atom. The van der Waals surface area contributed by atoms with Crippen LogP contribution in [0.1, 0.15) is 47.4 Å². The Morgan fingerprint density at radius 1 is 0.475 bits per heavy atom. The molecule has 0 saturated heterocycles. The molecule has 0 N–H and O–H groups in total. The molecule has 0 aliphatic heterocycles. The first-order valence-corrected chi connectivity index (χ1v) is 13.1. The molecule has 0 saturated carbocycles. The zero-order valence-corrected chi connectivity index (χ0v) is 22.4. The summed E-state index contributed by atoms with van der Waals surface area (Å²) in [5.41, 5.74) is 4.61. The van der Waals surface area contributed by atoms with Crippen molar-refractivity contribution < 1.29 is 33.3 Å². The lowest BCUT2D eigenvalue weighted by Crippen LogP contribution is -2.13. The van der Waals surface area contributed by atoms with Gasteiger partial charge in [0.1, 0.15) is 11.5 Å². The van der Waals surface area contributed by atoms with Gasteiger partial charge in [-0.3, -0.25) is 0 Å². The van der Waals surface area contributed by atoms with Crippen LogP contribution >= 0.6 is 0 Å². The molecule has 0 amide bonds. The molecule has 0 fully saturated rings. The van der Waals surface area contributed by atoms with E-state index in [1.54, 1.807) is 48.5 Å². The maximum atomic E-state index is 12.3. The molecular formula is C33H30O7. The lowest BCUT2D eigenvalue weighted by molar-refractivity contribution is 0.0496. The van der Waals surface area contributed by atoms with Crippen LogP contribution in [-0.2, 0) is 9.47 Å². The summed E-state index contributed by atoms with van der Waals surface area (Å²) in [5.74, 6) is -0.0129. The molecule has 7 heteroatoms. The number of hydrogen-bond acceptors (Lipinski definition) is 7. The fourth-order valence-electron chi connectivity index (χ4n) is 3.80. The molecule has 0 bridgehead atoms. The van der Waals surface area contributed by atoms with E-state index in [1.807, 2.05) is 62.4 Å². The van der Waals surface area contributed by atoms with Crippen molar-refractivity contribution >= 4 is 18.1 Å². The molecule has 0 spiro atoms. The second kappa shape index (κ2) is 13.8. The quantitative estimate of drug-likeness (QED) is 0.151. The molecule has 40 heavy (non-hydrogen) atoms. The number of benzene rings is 4. The lowest BCUT2D eigenvalue weighted by Gasteiger charge is -2.08. The van der Waals surface area contributed by atoms with Gasteiger partial charge in [-0.15, -0.1) is 0 Å². The van der Waals surface area contributed by atoms with Gasteiger partial charge in [-0.05, 0) is 83.6 Å². The van der Waals surface area contributed by atoms with Crippen molar-refractivity contribution in [2.24, 2.45) is 0 Å². The smallest absolute Gasteiger partial charge is 0.462 e. The SMILES string of the molecule is CCCOC(=O)c1ccc(-c2ccc(OC(=O)Oc3ccc(-c4ccc(C(=O)OCCC)cc4)cc3)cc2)cc1. The average Bonchev–Trinajstić information content (AvgIpc) is 2.99. The molecule has 0 aromatic heterocycles. The Balaban J connectivity index is 1.30. The third-order valence-electron chi connectivity index (χ3n) is 5.89. The highest BCUT2D eigenvalue weighted by Gasteiger charge is 2.11. The minimum absolute atomic E-state index is 0.336. The topological polar surface area (TPSA) is 88.1 Å². The third-order valence-corrected chi connectivity index (χ3v) is 5.89. The Kier molecular flexibility index (Phi) is 9.67. The van der Waals surface area contributed by atoms with Crippen molar-refractivity contribution in [2.45, 2.75) is 26.7 Å². The summed E-state index contributed by atoms with van der Waals surface area (Å²) < 4.78 is 20.9. The molecular weight excluding hydrogens is 508 g/mol. The summed E-state index contributed by atoms with van der Waals surface area (Å²) in [6.07, 6.45) is 0.687. The van der Waals surface area contributed by atoms with Gasteiger partial charge in [-0.25, -0.2) is 14.4 Å². The number of rotatable bonds is 10. The summed E-state index contributed by atoms with van der Waals surface area (Å²) in [6.45, 7) is 4.67. The molecule has 0 atom stereocenters. The highest BCUT2D eigenvalue weighted by Crippen LogP contribution is 2.25. The van der Waals surface area contributed by atoms with Crippen molar-refractivity contribution in [1.29, 1.82) is 0 Å². The van der Waals surface area contributed by atoms with Gasteiger partial charge < -0.3 is 18.9 Å². The first-order chi connectivity index (χ1) is 19.5. The van der Waals surface area contributed by atoms with Crippen LogP contribution in [0.15, 0.2) is 97.1 Å². The maximum Gasteiger partial charge on any atom is 0.519 e. The van der Waals surface area contributed by atoms with Crippen LogP contribution in [0.5, 0.6) is 11.5 Å². The number of esters is 2. The largest absolute Gasteiger partial charge is 0.519 e. The van der Waals surface area contributed by atoms with Crippen LogP contribution in [0.2, 0.25) is 0 Å². The second-order valence-electron chi connectivity index (χ2n) is 8.93. The first kappa shape index (κ1) is 28.1. The van der Waals surface area contributed by atoms with Crippen LogP contribution in [0.25, 0.3) is 22.3 Å². The fourth-order valence-corrected chi connectivity index (χ4v) is 3.80. The average molecular weight is 539 g/mol. The highest BCUT2D eigenvalue weighted by atomic mass is 16.7. The summed E-state index contributed by atoms with van der Waals surface area (Å²) in [4.78, 5) is 36.3. The standard InChI is InChI=1S/C33H30O7/c1-3-21-37-31(34)27-9-5-23(6-10-27)25-13-17-29(18-14-25)39-33(36)40-30-19-15-26(16-20-30)24-7-11-28(12-8-24)32(35)38-22-4-2/h5-20H,3-4,21-22H2,1-2H3. The van der Waals surface area contributed by atoms with Crippen LogP contribution in [0.4, 0.5) is 4.79 Å². The predicted molar refractivity (Wildman–Crippen MR) is 152 cm³/mol. The first-order valence-electron chi connectivity index (χ1n) is 13.1. The molecule has 4 rings (SSSR count). The van der Waals surface area contributed by atoms with Crippen LogP contribution < -0.4 is 9.47 Å². The van der Waals surface area contributed by atoms with E-state index in [2.05, 4.69) is 0 Å². The van der Waals surface area contributed by atoms with Gasteiger partial charge >= 0.3 is 18.1 Å². The van der Waals surface area contributed by atoms with Gasteiger partial charge in [0.05, 0.1) is 24.3 Å². The molecule has 0 heterocycles. The normalized spacial score (nSPS) is 10.4. The van der Waals surface area contributed by atoms with Gasteiger partial charge in [-0.1, -0.05) is 62.4 Å². The van der Waals surface area contributed by atoms with Crippen molar-refractivity contribution in [3.63, 3.8) is 0 Å². The molecule has 4 aromatic carbocycles. The van der Waals surface area contributed by atoms with Crippen molar-refractivity contribution in [2.75, 3.05) is 13.2 Å². The van der Waals surface area contributed by atoms with E-state index < -0.39 is 6.16 Å². The van der Waals surface area contributed by atoms with Crippen LogP contribution in [0.3, 0.4) is 0 Å². The lowest BCUT2D eigenvalue weighted by atomic mass is 10.0. The molecule has 7 nitrogen and oxygen atoms in total. The predicted octanol–water partition coefficient (Wildman–Crippen LogP) is 7.73. The maximum absolute atomic E-state index is 12.3. The third kappa shape index (κ3) is 7.57. The summed E-state index contributed by atoms with van der Waals surface area (Å²) in [6, 6.07) is 28.2. The van der Waals surface area contributed by atoms with Gasteiger partial charge in [0.25, 0.3) is 0 Å². The molecule has 204 valence electrons. The minimum Gasteiger partial charge on any atom is -0.462 e. The minimum atomic E-state index is -0.856. The zero-order valence-electron chi connectivity index (χ0n) is 22.4. The van der Waals surface area contributed by atoms with Crippen LogP contribution in [-0.4, -0.2) is 31.3 Å². The molecule has 0 aliphatic rings. The van der Waals surface area contributed by atoms with E-state index in [0.29, 0.717) is 35.8 Å². The summed E-state index contributed by atoms with van der Waals surface area (Å²) >= 11 is 0. The van der Waals surface area contributed by atoms with Crippen molar-refractivity contribution in [1.82, 2.24) is 0 Å². The Bertz CT molecular complexity index is 1310. The number of carbonyl (C=O) groups excluding carboxylic acids is 3. The van der Waals surface area contributed by atoms with E-state index in [9.17, 15) is 14.4 Å². The molecule has 0 unspecified atom stereocenters. The monoisotopic (exact) mass is 538 g/mol. The molecule has 0 radical (unpaired) electrons. The summed E-state index contributed by atoms with van der Waals surface area (Å²) in [5, 5.41) is 0. The Morgan fingerprint density at radius 2 is 0.775 bits per heavy atom. The fraction of sp³-hybridized carbons (Fsp3) is 0.182. The van der Waals surface area contributed by atoms with E-state index in [-0.39, 0.29) is 11.9 Å². The van der Waals surface area contributed by atoms with Crippen LogP contribution in [0, 0.1) is 0 Å². The van der Waals surface area contributed by atoms with E-state index in [4.69, 9.17) is 18.9 Å². The number of carbonyl (C=O) groups is 3.